The van der Waals surface area contributed by atoms with Crippen LogP contribution in [0.4, 0.5) is 0 Å². The number of rotatable bonds is 8. The minimum atomic E-state index is 0.0329. The fourth-order valence-electron chi connectivity index (χ4n) is 4.84. The fraction of sp³-hybridized carbons (Fsp3) is 0.129. The summed E-state index contributed by atoms with van der Waals surface area (Å²) >= 11 is 0. The Morgan fingerprint density at radius 2 is 1.21 bits per heavy atom. The van der Waals surface area contributed by atoms with Gasteiger partial charge in [0, 0.05) is 35.5 Å². The van der Waals surface area contributed by atoms with E-state index in [-0.39, 0.29) is 17.7 Å². The van der Waals surface area contributed by atoms with Crippen molar-refractivity contribution in [2.45, 2.75) is 18.3 Å². The second-order valence-electron chi connectivity index (χ2n) is 8.66. The molecule has 168 valence electrons. The van der Waals surface area contributed by atoms with Gasteiger partial charge in [0.1, 0.15) is 0 Å². The Bertz CT molecular complexity index is 1300. The molecule has 0 aliphatic carbocycles. The first-order valence-electron chi connectivity index (χ1n) is 11.8. The quantitative estimate of drug-likeness (QED) is 0.284. The minimum Gasteiger partial charge on any atom is -0.361 e. The molecular weight excluding hydrogens is 416 g/mol. The van der Waals surface area contributed by atoms with Crippen LogP contribution in [0.3, 0.4) is 0 Å². The first-order chi connectivity index (χ1) is 16.8. The number of aromatic nitrogens is 1. The number of carbonyl (C=O) groups is 1. The number of para-hydroxylation sites is 1. The highest BCUT2D eigenvalue weighted by Crippen LogP contribution is 2.38. The third-order valence-corrected chi connectivity index (χ3v) is 6.49. The standard InChI is InChI=1S/C31H28N2O/c34-30(20-26-21-32-29-19-11-10-18-27(26)29)33-22-28(23-12-4-1-5-13-23)31(24-14-6-2-7-15-24)25-16-8-3-9-17-25/h1-19,21,28,31-32H,20,22H2,(H,33,34). The number of amides is 1. The van der Waals surface area contributed by atoms with Crippen LogP contribution in [0, 0.1) is 0 Å². The molecule has 4 aromatic carbocycles. The zero-order valence-electron chi connectivity index (χ0n) is 19.0. The summed E-state index contributed by atoms with van der Waals surface area (Å²) < 4.78 is 0. The van der Waals surface area contributed by atoms with Gasteiger partial charge in [0.2, 0.25) is 5.91 Å². The van der Waals surface area contributed by atoms with E-state index in [1.165, 1.54) is 16.7 Å². The molecule has 1 heterocycles. The van der Waals surface area contributed by atoms with Gasteiger partial charge in [0.05, 0.1) is 6.42 Å². The summed E-state index contributed by atoms with van der Waals surface area (Å²) in [6, 6.07) is 39.8. The van der Waals surface area contributed by atoms with E-state index in [1.54, 1.807) is 0 Å². The molecular formula is C31H28N2O. The van der Waals surface area contributed by atoms with Gasteiger partial charge in [-0.05, 0) is 28.3 Å². The van der Waals surface area contributed by atoms with Crippen LogP contribution in [0.5, 0.6) is 0 Å². The van der Waals surface area contributed by atoms with Crippen LogP contribution in [-0.2, 0) is 11.2 Å². The molecule has 0 spiro atoms. The van der Waals surface area contributed by atoms with Crippen molar-refractivity contribution in [2.75, 3.05) is 6.54 Å². The number of hydrogen-bond acceptors (Lipinski definition) is 1. The molecule has 0 aliphatic heterocycles. The molecule has 0 saturated carbocycles. The number of fused-ring (bicyclic) bond motifs is 1. The zero-order valence-corrected chi connectivity index (χ0v) is 19.0. The van der Waals surface area contributed by atoms with Crippen LogP contribution in [0.15, 0.2) is 121 Å². The van der Waals surface area contributed by atoms with Crippen LogP contribution in [0.1, 0.15) is 34.1 Å². The Labute approximate surface area is 200 Å². The molecule has 2 N–H and O–H groups in total. The van der Waals surface area contributed by atoms with Crippen molar-refractivity contribution in [2.24, 2.45) is 0 Å². The largest absolute Gasteiger partial charge is 0.361 e. The van der Waals surface area contributed by atoms with Gasteiger partial charge in [-0.1, -0.05) is 109 Å². The third kappa shape index (κ3) is 4.79. The molecule has 0 radical (unpaired) electrons. The highest BCUT2D eigenvalue weighted by Gasteiger charge is 2.27. The topological polar surface area (TPSA) is 44.9 Å². The Kier molecular flexibility index (Phi) is 6.53. The van der Waals surface area contributed by atoms with Crippen molar-refractivity contribution in [3.05, 3.63) is 144 Å². The van der Waals surface area contributed by atoms with Crippen LogP contribution >= 0.6 is 0 Å². The molecule has 1 unspecified atom stereocenters. The van der Waals surface area contributed by atoms with Crippen LogP contribution in [0.25, 0.3) is 10.9 Å². The number of aromatic amines is 1. The molecule has 5 rings (SSSR count). The molecule has 0 aliphatic rings. The Morgan fingerprint density at radius 1 is 0.676 bits per heavy atom. The number of hydrogen-bond donors (Lipinski definition) is 2. The minimum absolute atomic E-state index is 0.0329. The Balaban J connectivity index is 1.43. The van der Waals surface area contributed by atoms with Gasteiger partial charge in [-0.15, -0.1) is 0 Å². The normalized spacial score (nSPS) is 12.0. The molecule has 5 aromatic rings. The van der Waals surface area contributed by atoms with Gasteiger partial charge in [0.15, 0.2) is 0 Å². The van der Waals surface area contributed by atoms with E-state index in [4.69, 9.17) is 0 Å². The lowest BCUT2D eigenvalue weighted by Crippen LogP contribution is -2.32. The average molecular weight is 445 g/mol. The first-order valence-corrected chi connectivity index (χ1v) is 11.8. The Morgan fingerprint density at radius 3 is 1.82 bits per heavy atom. The van der Waals surface area contributed by atoms with E-state index in [0.29, 0.717) is 13.0 Å². The van der Waals surface area contributed by atoms with E-state index in [2.05, 4.69) is 89.2 Å². The highest BCUT2D eigenvalue weighted by molar-refractivity contribution is 5.88. The molecule has 1 aromatic heterocycles. The van der Waals surface area contributed by atoms with Crippen molar-refractivity contribution >= 4 is 16.8 Å². The molecule has 3 heteroatoms. The monoisotopic (exact) mass is 444 g/mol. The molecule has 3 nitrogen and oxygen atoms in total. The Hall–Kier alpha value is -4.11. The molecule has 0 saturated heterocycles. The van der Waals surface area contributed by atoms with Crippen LogP contribution in [0.2, 0.25) is 0 Å². The number of benzene rings is 4. The van der Waals surface area contributed by atoms with Gasteiger partial charge >= 0.3 is 0 Å². The molecule has 34 heavy (non-hydrogen) atoms. The molecule has 1 atom stereocenters. The second kappa shape index (κ2) is 10.2. The van der Waals surface area contributed by atoms with E-state index in [9.17, 15) is 4.79 Å². The summed E-state index contributed by atoms with van der Waals surface area (Å²) in [4.78, 5) is 16.3. The van der Waals surface area contributed by atoms with Gasteiger partial charge in [-0.3, -0.25) is 4.79 Å². The fourth-order valence-corrected chi connectivity index (χ4v) is 4.84. The maximum absolute atomic E-state index is 13.1. The van der Waals surface area contributed by atoms with E-state index in [0.717, 1.165) is 16.5 Å². The number of H-pyrrole nitrogens is 1. The second-order valence-corrected chi connectivity index (χ2v) is 8.66. The average Bonchev–Trinajstić information content (AvgIpc) is 3.30. The van der Waals surface area contributed by atoms with Gasteiger partial charge < -0.3 is 10.3 Å². The lowest BCUT2D eigenvalue weighted by molar-refractivity contribution is -0.120. The predicted octanol–water partition coefficient (Wildman–Crippen LogP) is 6.44. The summed E-state index contributed by atoms with van der Waals surface area (Å²) in [6.07, 6.45) is 2.29. The van der Waals surface area contributed by atoms with E-state index in [1.807, 2.05) is 42.6 Å². The maximum atomic E-state index is 13.1. The van der Waals surface area contributed by atoms with E-state index < -0.39 is 0 Å². The molecule has 0 fully saturated rings. The summed E-state index contributed by atoms with van der Waals surface area (Å²) in [7, 11) is 0. The van der Waals surface area contributed by atoms with Crippen molar-refractivity contribution in [3.8, 4) is 0 Å². The van der Waals surface area contributed by atoms with Crippen LogP contribution < -0.4 is 5.32 Å². The van der Waals surface area contributed by atoms with Crippen LogP contribution in [-0.4, -0.2) is 17.4 Å². The number of carbonyl (C=O) groups excluding carboxylic acids is 1. The highest BCUT2D eigenvalue weighted by atomic mass is 16.1. The van der Waals surface area contributed by atoms with E-state index >= 15 is 0 Å². The summed E-state index contributed by atoms with van der Waals surface area (Å²) in [5.74, 6) is 0.252. The summed E-state index contributed by atoms with van der Waals surface area (Å²) in [5, 5.41) is 4.35. The van der Waals surface area contributed by atoms with Crippen molar-refractivity contribution < 1.29 is 4.79 Å². The number of nitrogens with one attached hydrogen (secondary N) is 2. The molecule has 1 amide bonds. The summed E-state index contributed by atoms with van der Waals surface area (Å²) in [5.41, 5.74) is 5.78. The van der Waals surface area contributed by atoms with Gasteiger partial charge in [-0.25, -0.2) is 0 Å². The zero-order chi connectivity index (χ0) is 23.2. The predicted molar refractivity (Wildman–Crippen MR) is 139 cm³/mol. The van der Waals surface area contributed by atoms with Crippen molar-refractivity contribution in [1.29, 1.82) is 0 Å². The van der Waals surface area contributed by atoms with Crippen molar-refractivity contribution in [1.82, 2.24) is 10.3 Å². The first kappa shape index (κ1) is 21.7. The third-order valence-electron chi connectivity index (χ3n) is 6.49. The SMILES string of the molecule is O=C(Cc1c[nH]c2ccccc12)NCC(c1ccccc1)C(c1ccccc1)c1ccccc1. The maximum Gasteiger partial charge on any atom is 0.224 e. The molecule has 0 bridgehead atoms. The van der Waals surface area contributed by atoms with Crippen molar-refractivity contribution in [3.63, 3.8) is 0 Å². The van der Waals surface area contributed by atoms with Gasteiger partial charge in [0.25, 0.3) is 0 Å². The lowest BCUT2D eigenvalue weighted by atomic mass is 9.77. The lowest BCUT2D eigenvalue weighted by Gasteiger charge is -2.29. The summed E-state index contributed by atoms with van der Waals surface area (Å²) in [6.45, 7) is 0.555. The smallest absolute Gasteiger partial charge is 0.224 e. The van der Waals surface area contributed by atoms with Gasteiger partial charge in [-0.2, -0.15) is 0 Å².